The van der Waals surface area contributed by atoms with E-state index in [4.69, 9.17) is 0 Å². The van der Waals surface area contributed by atoms with E-state index in [0.717, 1.165) is 11.0 Å². The van der Waals surface area contributed by atoms with Crippen LogP contribution >= 0.6 is 0 Å². The van der Waals surface area contributed by atoms with E-state index in [0.29, 0.717) is 16.9 Å². The summed E-state index contributed by atoms with van der Waals surface area (Å²) in [6.45, 7) is 1.88. The SMILES string of the molecule is Cc1ccc(NC(=O)c2ccccc2)c(NC(=O)C[C@H]2C=CS(=O)(=O)C2)c1. The van der Waals surface area contributed by atoms with Crippen LogP contribution in [0, 0.1) is 12.8 Å². The molecule has 0 saturated heterocycles. The largest absolute Gasteiger partial charge is 0.324 e. The van der Waals surface area contributed by atoms with Crippen molar-refractivity contribution in [3.8, 4) is 0 Å². The first-order valence-corrected chi connectivity index (χ1v) is 10.2. The van der Waals surface area contributed by atoms with Crippen LogP contribution in [0.25, 0.3) is 0 Å². The lowest BCUT2D eigenvalue weighted by Gasteiger charge is -2.14. The fourth-order valence-electron chi connectivity index (χ4n) is 2.86. The zero-order valence-electron chi connectivity index (χ0n) is 14.8. The van der Waals surface area contributed by atoms with Crippen LogP contribution in [0.15, 0.2) is 60.0 Å². The Morgan fingerprint density at radius 3 is 2.44 bits per heavy atom. The van der Waals surface area contributed by atoms with E-state index in [9.17, 15) is 18.0 Å². The van der Waals surface area contributed by atoms with Crippen LogP contribution in [0.1, 0.15) is 22.3 Å². The Kier molecular flexibility index (Phi) is 5.41. The molecule has 3 rings (SSSR count). The van der Waals surface area contributed by atoms with Crippen molar-refractivity contribution in [3.05, 3.63) is 71.1 Å². The van der Waals surface area contributed by atoms with Crippen LogP contribution in [-0.2, 0) is 14.6 Å². The van der Waals surface area contributed by atoms with Crippen molar-refractivity contribution < 1.29 is 18.0 Å². The van der Waals surface area contributed by atoms with Gasteiger partial charge in [-0.05, 0) is 36.8 Å². The van der Waals surface area contributed by atoms with Gasteiger partial charge in [0.05, 0.1) is 17.1 Å². The number of aryl methyl sites for hydroxylation is 1. The van der Waals surface area contributed by atoms with Crippen molar-refractivity contribution >= 4 is 33.0 Å². The molecule has 0 fully saturated rings. The Morgan fingerprint density at radius 1 is 1.04 bits per heavy atom. The minimum Gasteiger partial charge on any atom is -0.324 e. The lowest BCUT2D eigenvalue weighted by atomic mass is 10.1. The Balaban J connectivity index is 1.71. The van der Waals surface area contributed by atoms with E-state index in [-0.39, 0.29) is 29.9 Å². The molecule has 0 unspecified atom stereocenters. The van der Waals surface area contributed by atoms with E-state index in [1.54, 1.807) is 42.5 Å². The summed E-state index contributed by atoms with van der Waals surface area (Å²) in [5, 5.41) is 6.74. The van der Waals surface area contributed by atoms with Gasteiger partial charge in [0, 0.05) is 23.3 Å². The summed E-state index contributed by atoms with van der Waals surface area (Å²) in [7, 11) is -3.19. The highest BCUT2D eigenvalue weighted by Gasteiger charge is 2.24. The summed E-state index contributed by atoms with van der Waals surface area (Å²) in [5.41, 5.74) is 2.40. The molecule has 2 amide bonds. The van der Waals surface area contributed by atoms with Gasteiger partial charge in [-0.1, -0.05) is 30.3 Å². The van der Waals surface area contributed by atoms with Crippen molar-refractivity contribution in [1.82, 2.24) is 0 Å². The lowest BCUT2D eigenvalue weighted by Crippen LogP contribution is -2.19. The number of allylic oxidation sites excluding steroid dienone is 1. The summed E-state index contributed by atoms with van der Waals surface area (Å²) in [5.74, 6) is -0.962. The highest BCUT2D eigenvalue weighted by Crippen LogP contribution is 2.25. The number of carbonyl (C=O) groups is 2. The van der Waals surface area contributed by atoms with Crippen LogP contribution < -0.4 is 10.6 Å². The third kappa shape index (κ3) is 5.04. The average molecular weight is 384 g/mol. The minimum atomic E-state index is -3.19. The summed E-state index contributed by atoms with van der Waals surface area (Å²) in [4.78, 5) is 24.7. The van der Waals surface area contributed by atoms with E-state index in [1.807, 2.05) is 19.1 Å². The van der Waals surface area contributed by atoms with Gasteiger partial charge in [0.15, 0.2) is 9.84 Å². The quantitative estimate of drug-likeness (QED) is 0.828. The molecular formula is C20H20N2O4S. The summed E-state index contributed by atoms with van der Waals surface area (Å²) >= 11 is 0. The van der Waals surface area contributed by atoms with Crippen molar-refractivity contribution in [2.24, 2.45) is 5.92 Å². The van der Waals surface area contributed by atoms with Crippen LogP contribution in [0.5, 0.6) is 0 Å². The number of anilines is 2. The van der Waals surface area contributed by atoms with Gasteiger partial charge in [0.2, 0.25) is 5.91 Å². The molecule has 27 heavy (non-hydrogen) atoms. The Morgan fingerprint density at radius 2 is 1.78 bits per heavy atom. The molecule has 2 aromatic rings. The molecule has 0 saturated carbocycles. The molecule has 0 aromatic heterocycles. The Bertz CT molecular complexity index is 998. The van der Waals surface area contributed by atoms with E-state index in [1.165, 1.54) is 0 Å². The van der Waals surface area contributed by atoms with Crippen LogP contribution in [0.2, 0.25) is 0 Å². The first-order valence-electron chi connectivity index (χ1n) is 8.50. The molecular weight excluding hydrogens is 364 g/mol. The predicted molar refractivity (Wildman–Crippen MR) is 105 cm³/mol. The second-order valence-electron chi connectivity index (χ2n) is 6.54. The Hall–Kier alpha value is -2.93. The molecule has 2 aromatic carbocycles. The van der Waals surface area contributed by atoms with Crippen LogP contribution in [0.3, 0.4) is 0 Å². The maximum Gasteiger partial charge on any atom is 0.255 e. The molecule has 6 nitrogen and oxygen atoms in total. The van der Waals surface area contributed by atoms with Gasteiger partial charge in [-0.15, -0.1) is 0 Å². The van der Waals surface area contributed by atoms with Gasteiger partial charge in [-0.3, -0.25) is 9.59 Å². The molecule has 1 aliphatic rings. The fraction of sp³-hybridized carbons (Fsp3) is 0.200. The zero-order valence-corrected chi connectivity index (χ0v) is 15.6. The van der Waals surface area contributed by atoms with Crippen molar-refractivity contribution in [2.75, 3.05) is 16.4 Å². The monoisotopic (exact) mass is 384 g/mol. The van der Waals surface area contributed by atoms with Gasteiger partial charge < -0.3 is 10.6 Å². The number of amides is 2. The second-order valence-corrected chi connectivity index (χ2v) is 8.47. The number of benzene rings is 2. The molecule has 0 spiro atoms. The first-order chi connectivity index (χ1) is 12.8. The highest BCUT2D eigenvalue weighted by atomic mass is 32.2. The first kappa shape index (κ1) is 18.8. The average Bonchev–Trinajstić information content (AvgIpc) is 2.96. The van der Waals surface area contributed by atoms with Gasteiger partial charge in [-0.25, -0.2) is 8.42 Å². The third-order valence-corrected chi connectivity index (χ3v) is 5.65. The number of rotatable bonds is 5. The maximum atomic E-state index is 12.4. The maximum absolute atomic E-state index is 12.4. The van der Waals surface area contributed by atoms with Crippen LogP contribution in [-0.4, -0.2) is 26.0 Å². The van der Waals surface area contributed by atoms with Crippen molar-refractivity contribution in [2.45, 2.75) is 13.3 Å². The zero-order chi connectivity index (χ0) is 19.4. The molecule has 140 valence electrons. The highest BCUT2D eigenvalue weighted by molar-refractivity contribution is 7.94. The molecule has 0 bridgehead atoms. The molecule has 2 N–H and O–H groups in total. The van der Waals surface area contributed by atoms with Crippen LogP contribution in [0.4, 0.5) is 11.4 Å². The molecule has 7 heteroatoms. The van der Waals surface area contributed by atoms with Gasteiger partial charge in [0.1, 0.15) is 0 Å². The Labute approximate surface area is 158 Å². The third-order valence-electron chi connectivity index (χ3n) is 4.19. The standard InChI is InChI=1S/C20H20N2O4S/c1-14-7-8-17(22-20(24)16-5-3-2-4-6-16)18(11-14)21-19(23)12-15-9-10-27(25,26)13-15/h2-11,15H,12-13H2,1H3,(H,21,23)(H,22,24)/t15-/m1/s1. The summed E-state index contributed by atoms with van der Waals surface area (Å²) in [6.07, 6.45) is 1.61. The molecule has 1 heterocycles. The lowest BCUT2D eigenvalue weighted by molar-refractivity contribution is -0.116. The van der Waals surface area contributed by atoms with Crippen molar-refractivity contribution in [3.63, 3.8) is 0 Å². The minimum absolute atomic E-state index is 0.0498. The topological polar surface area (TPSA) is 92.3 Å². The molecule has 1 atom stereocenters. The van der Waals surface area contributed by atoms with Gasteiger partial charge in [0.25, 0.3) is 5.91 Å². The number of hydrogen-bond acceptors (Lipinski definition) is 4. The number of hydrogen-bond donors (Lipinski definition) is 2. The summed E-state index contributed by atoms with van der Waals surface area (Å²) < 4.78 is 22.9. The van der Waals surface area contributed by atoms with E-state index in [2.05, 4.69) is 10.6 Å². The number of sulfone groups is 1. The second kappa shape index (κ2) is 7.75. The summed E-state index contributed by atoms with van der Waals surface area (Å²) in [6, 6.07) is 14.1. The fourth-order valence-corrected chi connectivity index (χ4v) is 4.26. The number of carbonyl (C=O) groups excluding carboxylic acids is 2. The molecule has 0 aliphatic carbocycles. The normalized spacial score (nSPS) is 17.4. The van der Waals surface area contributed by atoms with E-state index >= 15 is 0 Å². The van der Waals surface area contributed by atoms with E-state index < -0.39 is 9.84 Å². The molecule has 0 radical (unpaired) electrons. The van der Waals surface area contributed by atoms with Gasteiger partial charge >= 0.3 is 0 Å². The predicted octanol–water partition coefficient (Wildman–Crippen LogP) is 3.13. The van der Waals surface area contributed by atoms with Gasteiger partial charge in [-0.2, -0.15) is 0 Å². The smallest absolute Gasteiger partial charge is 0.255 e. The van der Waals surface area contributed by atoms with Crippen molar-refractivity contribution in [1.29, 1.82) is 0 Å². The molecule has 1 aliphatic heterocycles. The number of nitrogens with one attached hydrogen (secondary N) is 2.